The second-order valence-electron chi connectivity index (χ2n) is 12.1. The molecule has 5 heteroatoms. The van der Waals surface area contributed by atoms with Crippen molar-refractivity contribution >= 4 is 11.6 Å². The van der Waals surface area contributed by atoms with E-state index >= 15 is 0 Å². The molecular weight excluding hydrogens is 444 g/mol. The van der Waals surface area contributed by atoms with E-state index in [1.807, 2.05) is 0 Å². The number of rotatable bonds is 12. The zero-order valence-electron chi connectivity index (χ0n) is 23.1. The smallest absolute Gasteiger partial charge is 0.247 e. The highest BCUT2D eigenvalue weighted by Crippen LogP contribution is 2.41. The van der Waals surface area contributed by atoms with E-state index in [2.05, 4.69) is 59.3 Å². The van der Waals surface area contributed by atoms with Gasteiger partial charge in [-0.2, -0.15) is 0 Å². The summed E-state index contributed by atoms with van der Waals surface area (Å²) in [4.78, 5) is 18.8. The Kier molecular flexibility index (Phi) is 10.1. The molecule has 1 amide bonds. The number of nitrogens with two attached hydrogens (primary N) is 1. The molecule has 1 spiro atoms. The van der Waals surface area contributed by atoms with E-state index < -0.39 is 0 Å². The number of benzene rings is 1. The summed E-state index contributed by atoms with van der Waals surface area (Å²) in [7, 11) is 0. The normalized spacial score (nSPS) is 26.6. The third-order valence-corrected chi connectivity index (χ3v) is 9.53. The van der Waals surface area contributed by atoms with Crippen molar-refractivity contribution < 1.29 is 4.79 Å². The summed E-state index contributed by atoms with van der Waals surface area (Å²) < 4.78 is 0. The lowest BCUT2D eigenvalue weighted by Crippen LogP contribution is -2.59. The molecule has 3 fully saturated rings. The molecule has 0 radical (unpaired) electrons. The predicted molar refractivity (Wildman–Crippen MR) is 151 cm³/mol. The molecule has 1 aromatic carbocycles. The minimum atomic E-state index is -0.389. The number of nitrogens with one attached hydrogen (secondary N) is 1. The van der Waals surface area contributed by atoms with E-state index in [-0.39, 0.29) is 17.6 Å². The van der Waals surface area contributed by atoms with Crippen LogP contribution in [0.5, 0.6) is 0 Å². The van der Waals surface area contributed by atoms with Gasteiger partial charge in [0.2, 0.25) is 5.91 Å². The van der Waals surface area contributed by atoms with Crippen molar-refractivity contribution in [3.05, 3.63) is 30.3 Å². The van der Waals surface area contributed by atoms with Gasteiger partial charge in [-0.3, -0.25) is 4.79 Å². The van der Waals surface area contributed by atoms with Gasteiger partial charge in [-0.15, -0.1) is 0 Å². The first-order chi connectivity index (χ1) is 17.5. The number of para-hydroxylation sites is 1. The highest BCUT2D eigenvalue weighted by atomic mass is 16.2. The van der Waals surface area contributed by atoms with Crippen LogP contribution < -0.4 is 16.0 Å². The van der Waals surface area contributed by atoms with Crippen molar-refractivity contribution in [1.29, 1.82) is 0 Å². The first-order valence-electron chi connectivity index (χ1n) is 15.1. The Morgan fingerprint density at radius 1 is 0.917 bits per heavy atom. The third-order valence-electron chi connectivity index (χ3n) is 9.53. The Morgan fingerprint density at radius 2 is 1.53 bits per heavy atom. The number of anilines is 1. The second kappa shape index (κ2) is 13.3. The van der Waals surface area contributed by atoms with Crippen LogP contribution in [0.1, 0.15) is 104 Å². The van der Waals surface area contributed by atoms with Crippen molar-refractivity contribution in [3.63, 3.8) is 0 Å². The summed E-state index contributed by atoms with van der Waals surface area (Å²) in [6.07, 6.45) is 17.2. The molecule has 4 rings (SSSR count). The van der Waals surface area contributed by atoms with Crippen LogP contribution in [-0.4, -0.2) is 48.2 Å². The van der Waals surface area contributed by atoms with Crippen LogP contribution in [0.2, 0.25) is 0 Å². The number of piperidine rings is 1. The number of hydrogen-bond donors (Lipinski definition) is 2. The van der Waals surface area contributed by atoms with Gasteiger partial charge in [0.05, 0.1) is 0 Å². The molecule has 3 N–H and O–H groups in total. The van der Waals surface area contributed by atoms with Crippen LogP contribution in [-0.2, 0) is 4.79 Å². The Balaban J connectivity index is 1.35. The van der Waals surface area contributed by atoms with E-state index in [0.29, 0.717) is 6.04 Å². The molecule has 1 aromatic rings. The third kappa shape index (κ3) is 6.45. The fourth-order valence-corrected chi connectivity index (χ4v) is 7.20. The number of carbonyl (C=O) groups excluding carboxylic acids is 1. The zero-order valence-corrected chi connectivity index (χ0v) is 23.1. The fourth-order valence-electron chi connectivity index (χ4n) is 7.20. The Hall–Kier alpha value is -1.59. The second-order valence-corrected chi connectivity index (χ2v) is 12.1. The van der Waals surface area contributed by atoms with Crippen LogP contribution in [0.4, 0.5) is 5.69 Å². The number of nitrogens with zero attached hydrogens (tertiary/aromatic N) is 2. The number of unbranched alkanes of at least 4 members (excludes halogenated alkanes) is 6. The van der Waals surface area contributed by atoms with Crippen molar-refractivity contribution in [1.82, 2.24) is 10.2 Å². The largest absolute Gasteiger partial charge is 0.336 e. The van der Waals surface area contributed by atoms with Crippen LogP contribution >= 0.6 is 0 Å². The van der Waals surface area contributed by atoms with E-state index in [1.54, 1.807) is 0 Å². The number of amides is 1. The summed E-state index contributed by atoms with van der Waals surface area (Å²) in [5.74, 6) is 1.98. The molecule has 1 aliphatic carbocycles. The fraction of sp³-hybridized carbons (Fsp3) is 0.774. The van der Waals surface area contributed by atoms with Gasteiger partial charge < -0.3 is 20.9 Å². The van der Waals surface area contributed by atoms with E-state index in [4.69, 9.17) is 5.73 Å². The maximum absolute atomic E-state index is 13.6. The molecule has 1 atom stereocenters. The topological polar surface area (TPSA) is 61.6 Å². The minimum Gasteiger partial charge on any atom is -0.336 e. The lowest BCUT2D eigenvalue weighted by molar-refractivity contribution is -0.125. The molecule has 3 aliphatic rings. The molecule has 0 bridgehead atoms. The summed E-state index contributed by atoms with van der Waals surface area (Å²) in [5.41, 5.74) is 6.42. The average Bonchev–Trinajstić information content (AvgIpc) is 3.17. The molecule has 0 aromatic heterocycles. The van der Waals surface area contributed by atoms with Crippen LogP contribution in [0, 0.1) is 11.8 Å². The first kappa shape index (κ1) is 27.4. The van der Waals surface area contributed by atoms with Gasteiger partial charge in [-0.05, 0) is 88.3 Å². The van der Waals surface area contributed by atoms with Crippen molar-refractivity contribution in [2.24, 2.45) is 17.6 Å². The van der Waals surface area contributed by atoms with Gasteiger partial charge in [0.1, 0.15) is 11.7 Å². The van der Waals surface area contributed by atoms with Crippen molar-refractivity contribution in [2.75, 3.05) is 24.5 Å². The van der Waals surface area contributed by atoms with Crippen LogP contribution in [0.3, 0.4) is 0 Å². The highest BCUT2D eigenvalue weighted by molar-refractivity contribution is 5.94. The average molecular weight is 497 g/mol. The highest BCUT2D eigenvalue weighted by Gasteiger charge is 2.54. The van der Waals surface area contributed by atoms with Gasteiger partial charge in [-0.1, -0.05) is 64.2 Å². The number of hydrogen-bond acceptors (Lipinski definition) is 4. The molecule has 1 saturated carbocycles. The summed E-state index contributed by atoms with van der Waals surface area (Å²) in [6, 6.07) is 11.4. The van der Waals surface area contributed by atoms with E-state index in [1.165, 1.54) is 69.9 Å². The molecule has 36 heavy (non-hydrogen) atoms. The predicted octanol–water partition coefficient (Wildman–Crippen LogP) is 6.08. The Morgan fingerprint density at radius 3 is 2.14 bits per heavy atom. The molecule has 2 aliphatic heterocycles. The lowest BCUT2D eigenvalue weighted by atomic mass is 9.78. The zero-order chi connectivity index (χ0) is 25.4. The maximum atomic E-state index is 13.6. The minimum absolute atomic E-state index is 0.116. The van der Waals surface area contributed by atoms with Gasteiger partial charge in [0.15, 0.2) is 0 Å². The van der Waals surface area contributed by atoms with E-state index in [0.717, 1.165) is 57.2 Å². The summed E-state index contributed by atoms with van der Waals surface area (Å²) in [5, 5.41) is 3.45. The molecule has 2 heterocycles. The van der Waals surface area contributed by atoms with Gasteiger partial charge in [0, 0.05) is 24.8 Å². The van der Waals surface area contributed by atoms with E-state index in [9.17, 15) is 4.79 Å². The standard InChI is InChI=1S/C31H52N4O/c1-25(2)26-16-18-27(19-17-26)34-23-20-31(21-24-34)30(36)33-29(35(31)28-13-9-8-10-14-28)15-11-6-4-3-5-7-12-22-32/h8-10,13-14,25-27,29H,3-7,11-12,15-24,32H2,1-2H3,(H,33,36). The SMILES string of the molecule is CC(C)C1CCC(N2CCC3(CC2)C(=O)NC(CCCCCCCCCN)N3c2ccccc2)CC1. The monoisotopic (exact) mass is 496 g/mol. The van der Waals surface area contributed by atoms with Crippen molar-refractivity contribution in [2.45, 2.75) is 121 Å². The first-order valence-corrected chi connectivity index (χ1v) is 15.1. The maximum Gasteiger partial charge on any atom is 0.247 e. The molecule has 202 valence electrons. The summed E-state index contributed by atoms with van der Waals surface area (Å²) >= 11 is 0. The molecular formula is C31H52N4O. The number of carbonyl (C=O) groups is 1. The van der Waals surface area contributed by atoms with Crippen molar-refractivity contribution in [3.8, 4) is 0 Å². The molecule has 1 unspecified atom stereocenters. The van der Waals surface area contributed by atoms with Crippen LogP contribution in [0.25, 0.3) is 0 Å². The van der Waals surface area contributed by atoms with Gasteiger partial charge in [0.25, 0.3) is 0 Å². The Bertz CT molecular complexity index is 781. The number of likely N-dealkylation sites (tertiary alicyclic amines) is 1. The molecule has 5 nitrogen and oxygen atoms in total. The van der Waals surface area contributed by atoms with Gasteiger partial charge in [-0.25, -0.2) is 0 Å². The lowest BCUT2D eigenvalue weighted by Gasteiger charge is -2.48. The van der Waals surface area contributed by atoms with Crippen LogP contribution in [0.15, 0.2) is 30.3 Å². The van der Waals surface area contributed by atoms with Gasteiger partial charge >= 0.3 is 0 Å². The Labute approximate surface area is 220 Å². The quantitative estimate of drug-likeness (QED) is 0.344. The summed E-state index contributed by atoms with van der Waals surface area (Å²) in [6.45, 7) is 7.67. The molecule has 2 saturated heterocycles.